The predicted molar refractivity (Wildman–Crippen MR) is 121 cm³/mol. The number of carbonyl (C=O) groups is 1. The summed E-state index contributed by atoms with van der Waals surface area (Å²) in [5.74, 6) is 0.957. The van der Waals surface area contributed by atoms with E-state index in [0.717, 1.165) is 48.9 Å². The molecule has 1 aliphatic heterocycles. The summed E-state index contributed by atoms with van der Waals surface area (Å²) >= 11 is 6.19. The molecule has 0 unspecified atom stereocenters. The van der Waals surface area contributed by atoms with Crippen LogP contribution in [0.3, 0.4) is 0 Å². The van der Waals surface area contributed by atoms with Gasteiger partial charge in [0.15, 0.2) is 6.61 Å². The second-order valence-corrected chi connectivity index (χ2v) is 8.40. The number of likely N-dealkylation sites (N-methyl/N-ethyl adjacent to an activating group) is 1. The van der Waals surface area contributed by atoms with E-state index in [-0.39, 0.29) is 12.5 Å². The summed E-state index contributed by atoms with van der Waals surface area (Å²) in [5.41, 5.74) is 3.93. The van der Waals surface area contributed by atoms with Crippen molar-refractivity contribution in [2.24, 2.45) is 0 Å². The molecule has 0 atom stereocenters. The van der Waals surface area contributed by atoms with E-state index in [2.05, 4.69) is 42.1 Å². The van der Waals surface area contributed by atoms with Gasteiger partial charge in [0.05, 0.1) is 11.4 Å². The summed E-state index contributed by atoms with van der Waals surface area (Å²) in [7, 11) is 2.12. The fourth-order valence-corrected chi connectivity index (χ4v) is 3.56. The molecule has 2 aromatic rings. The Labute approximate surface area is 178 Å². The highest BCUT2D eigenvalue weighted by atomic mass is 35.5. The van der Waals surface area contributed by atoms with E-state index < -0.39 is 0 Å². The number of aryl methyl sites for hydroxylation is 1. The fraction of sp³-hybridized carbons (Fsp3) is 0.435. The minimum Gasteiger partial charge on any atom is -0.483 e. The lowest BCUT2D eigenvalue weighted by atomic mass is 10.0. The zero-order valence-corrected chi connectivity index (χ0v) is 18.4. The van der Waals surface area contributed by atoms with Gasteiger partial charge in [0, 0.05) is 31.2 Å². The second kappa shape index (κ2) is 9.51. The van der Waals surface area contributed by atoms with Gasteiger partial charge in [-0.3, -0.25) is 4.79 Å². The van der Waals surface area contributed by atoms with Crippen molar-refractivity contribution in [1.29, 1.82) is 0 Å². The molecule has 1 amide bonds. The summed E-state index contributed by atoms with van der Waals surface area (Å²) in [6.45, 7) is 10.0. The normalized spacial score (nSPS) is 14.9. The predicted octanol–water partition coefficient (Wildman–Crippen LogP) is 4.54. The van der Waals surface area contributed by atoms with Gasteiger partial charge in [-0.05, 0) is 55.3 Å². The Morgan fingerprint density at radius 2 is 1.86 bits per heavy atom. The topological polar surface area (TPSA) is 44.8 Å². The Morgan fingerprint density at radius 1 is 1.14 bits per heavy atom. The van der Waals surface area contributed by atoms with Gasteiger partial charge in [0.25, 0.3) is 5.91 Å². The number of benzene rings is 2. The highest BCUT2D eigenvalue weighted by Gasteiger charge is 2.18. The molecule has 0 bridgehead atoms. The molecule has 1 saturated heterocycles. The first kappa shape index (κ1) is 21.5. The van der Waals surface area contributed by atoms with Gasteiger partial charge in [-0.2, -0.15) is 0 Å². The van der Waals surface area contributed by atoms with Crippen LogP contribution in [0.15, 0.2) is 36.4 Å². The van der Waals surface area contributed by atoms with E-state index in [1.807, 2.05) is 31.2 Å². The SMILES string of the molecule is Cc1ccc(C(C)C)cc1OCC(=O)Nc1cc(Cl)ccc1N1CCN(C)CC1. The average Bonchev–Trinajstić information content (AvgIpc) is 2.68. The highest BCUT2D eigenvalue weighted by Crippen LogP contribution is 2.30. The number of ether oxygens (including phenoxy) is 1. The lowest BCUT2D eigenvalue weighted by Gasteiger charge is -2.35. The summed E-state index contributed by atoms with van der Waals surface area (Å²) in [5, 5.41) is 3.58. The van der Waals surface area contributed by atoms with Crippen LogP contribution in [0.2, 0.25) is 5.02 Å². The standard InChI is InChI=1S/C23H30ClN3O2/c1-16(2)18-6-5-17(3)22(13-18)29-15-23(28)25-20-14-19(24)7-8-21(20)27-11-9-26(4)10-12-27/h5-8,13-14,16H,9-12,15H2,1-4H3,(H,25,28). The minimum atomic E-state index is -0.197. The maximum atomic E-state index is 12.6. The molecule has 0 saturated carbocycles. The molecule has 1 heterocycles. The fourth-order valence-electron chi connectivity index (χ4n) is 3.39. The molecule has 5 nitrogen and oxygen atoms in total. The number of piperazine rings is 1. The van der Waals surface area contributed by atoms with Crippen LogP contribution in [0, 0.1) is 6.92 Å². The van der Waals surface area contributed by atoms with Crippen molar-refractivity contribution in [3.05, 3.63) is 52.5 Å². The Hall–Kier alpha value is -2.24. The van der Waals surface area contributed by atoms with Crippen molar-refractivity contribution in [1.82, 2.24) is 4.90 Å². The third-order valence-corrected chi connectivity index (χ3v) is 5.55. The van der Waals surface area contributed by atoms with Crippen LogP contribution in [0.1, 0.15) is 30.9 Å². The van der Waals surface area contributed by atoms with E-state index in [1.165, 1.54) is 5.56 Å². The van der Waals surface area contributed by atoms with E-state index in [4.69, 9.17) is 16.3 Å². The van der Waals surface area contributed by atoms with Crippen molar-refractivity contribution in [2.75, 3.05) is 50.1 Å². The number of carbonyl (C=O) groups excluding carboxylic acids is 1. The molecule has 29 heavy (non-hydrogen) atoms. The van der Waals surface area contributed by atoms with Gasteiger partial charge in [0.2, 0.25) is 0 Å². The number of rotatable bonds is 6. The molecule has 0 radical (unpaired) electrons. The van der Waals surface area contributed by atoms with Crippen LogP contribution in [-0.4, -0.2) is 50.6 Å². The van der Waals surface area contributed by atoms with E-state index in [1.54, 1.807) is 6.07 Å². The van der Waals surface area contributed by atoms with Crippen LogP contribution in [-0.2, 0) is 4.79 Å². The number of anilines is 2. The number of amides is 1. The molecule has 1 fully saturated rings. The van der Waals surface area contributed by atoms with Gasteiger partial charge >= 0.3 is 0 Å². The lowest BCUT2D eigenvalue weighted by molar-refractivity contribution is -0.118. The summed E-state index contributed by atoms with van der Waals surface area (Å²) in [6, 6.07) is 11.8. The first-order chi connectivity index (χ1) is 13.8. The summed E-state index contributed by atoms with van der Waals surface area (Å²) < 4.78 is 5.83. The average molecular weight is 416 g/mol. The van der Waals surface area contributed by atoms with Crippen molar-refractivity contribution in [3.8, 4) is 5.75 Å². The quantitative estimate of drug-likeness (QED) is 0.752. The second-order valence-electron chi connectivity index (χ2n) is 7.97. The van der Waals surface area contributed by atoms with Crippen LogP contribution >= 0.6 is 11.6 Å². The lowest BCUT2D eigenvalue weighted by Crippen LogP contribution is -2.44. The maximum absolute atomic E-state index is 12.6. The molecular weight excluding hydrogens is 386 g/mol. The van der Waals surface area contributed by atoms with Crippen molar-refractivity contribution in [3.63, 3.8) is 0 Å². The third kappa shape index (κ3) is 5.64. The number of halogens is 1. The van der Waals surface area contributed by atoms with Gasteiger partial charge < -0.3 is 19.9 Å². The van der Waals surface area contributed by atoms with Crippen molar-refractivity contribution >= 4 is 28.9 Å². The van der Waals surface area contributed by atoms with Crippen molar-refractivity contribution < 1.29 is 9.53 Å². The Kier molecular flexibility index (Phi) is 7.04. The maximum Gasteiger partial charge on any atom is 0.262 e. The summed E-state index contributed by atoms with van der Waals surface area (Å²) in [4.78, 5) is 17.2. The van der Waals surface area contributed by atoms with Gasteiger partial charge in [0.1, 0.15) is 5.75 Å². The Morgan fingerprint density at radius 3 is 2.55 bits per heavy atom. The molecule has 3 rings (SSSR count). The number of hydrogen-bond acceptors (Lipinski definition) is 4. The minimum absolute atomic E-state index is 0.0446. The molecule has 0 spiro atoms. The molecule has 2 aromatic carbocycles. The number of nitrogens with zero attached hydrogens (tertiary/aromatic N) is 2. The first-order valence-electron chi connectivity index (χ1n) is 10.1. The smallest absolute Gasteiger partial charge is 0.262 e. The number of hydrogen-bond donors (Lipinski definition) is 1. The van der Waals surface area contributed by atoms with E-state index in [0.29, 0.717) is 10.9 Å². The monoisotopic (exact) mass is 415 g/mol. The van der Waals surface area contributed by atoms with Crippen LogP contribution in [0.4, 0.5) is 11.4 Å². The molecule has 0 aliphatic carbocycles. The molecule has 156 valence electrons. The first-order valence-corrected chi connectivity index (χ1v) is 10.5. The largest absolute Gasteiger partial charge is 0.483 e. The number of nitrogens with one attached hydrogen (secondary N) is 1. The molecule has 1 aliphatic rings. The van der Waals surface area contributed by atoms with Crippen LogP contribution < -0.4 is 15.0 Å². The third-order valence-electron chi connectivity index (χ3n) is 5.31. The Balaban J connectivity index is 1.68. The molecular formula is C23H30ClN3O2. The van der Waals surface area contributed by atoms with Crippen LogP contribution in [0.25, 0.3) is 0 Å². The summed E-state index contributed by atoms with van der Waals surface area (Å²) in [6.07, 6.45) is 0. The zero-order valence-electron chi connectivity index (χ0n) is 17.7. The van der Waals surface area contributed by atoms with Gasteiger partial charge in [-0.25, -0.2) is 0 Å². The molecule has 1 N–H and O–H groups in total. The van der Waals surface area contributed by atoms with Crippen LogP contribution in [0.5, 0.6) is 5.75 Å². The van der Waals surface area contributed by atoms with Gasteiger partial charge in [-0.15, -0.1) is 0 Å². The van der Waals surface area contributed by atoms with E-state index >= 15 is 0 Å². The van der Waals surface area contributed by atoms with E-state index in [9.17, 15) is 4.79 Å². The zero-order chi connectivity index (χ0) is 21.0. The Bertz CT molecular complexity index is 861. The molecule has 0 aromatic heterocycles. The highest BCUT2D eigenvalue weighted by molar-refractivity contribution is 6.31. The molecule has 6 heteroatoms. The van der Waals surface area contributed by atoms with Gasteiger partial charge in [-0.1, -0.05) is 37.6 Å². The van der Waals surface area contributed by atoms with Crippen molar-refractivity contribution in [2.45, 2.75) is 26.7 Å².